The van der Waals surface area contributed by atoms with Crippen molar-refractivity contribution in [3.05, 3.63) is 28.8 Å². The third kappa shape index (κ3) is 5.51. The molecule has 0 N–H and O–H groups in total. The fraction of sp³-hybridized carbons (Fsp3) is 0.696. The van der Waals surface area contributed by atoms with E-state index < -0.39 is 10.1 Å². The van der Waals surface area contributed by atoms with Crippen molar-refractivity contribution in [1.82, 2.24) is 0 Å². The van der Waals surface area contributed by atoms with E-state index in [0.717, 1.165) is 29.7 Å². The number of hydrogen-bond acceptors (Lipinski definition) is 4. The van der Waals surface area contributed by atoms with Gasteiger partial charge in [-0.1, -0.05) is 46.4 Å². The van der Waals surface area contributed by atoms with E-state index >= 15 is 0 Å². The minimum Gasteiger partial charge on any atom is -0.744 e. The van der Waals surface area contributed by atoms with Crippen molar-refractivity contribution in [3.8, 4) is 6.07 Å². The molecular formula is C23H31NNaO3PS. The summed E-state index contributed by atoms with van der Waals surface area (Å²) in [6.45, 7) is 0. The second-order valence-electron chi connectivity index (χ2n) is 9.11. The number of benzene rings is 1. The Morgan fingerprint density at radius 2 is 1.47 bits per heavy atom. The van der Waals surface area contributed by atoms with Crippen molar-refractivity contribution in [2.75, 3.05) is 0 Å². The predicted octanol–water partition coefficient (Wildman–Crippen LogP) is 2.47. The second kappa shape index (κ2) is 10.8. The summed E-state index contributed by atoms with van der Waals surface area (Å²) in [5.74, 6) is 0. The molecule has 0 aromatic heterocycles. The van der Waals surface area contributed by atoms with Gasteiger partial charge in [0.2, 0.25) is 0 Å². The molecule has 158 valence electrons. The van der Waals surface area contributed by atoms with Gasteiger partial charge in [0.05, 0.1) is 16.5 Å². The second-order valence-corrected chi connectivity index (χ2v) is 13.5. The van der Waals surface area contributed by atoms with Gasteiger partial charge in [-0.2, -0.15) is 5.26 Å². The van der Waals surface area contributed by atoms with Crippen LogP contribution in [0.1, 0.15) is 87.3 Å². The Hall–Kier alpha value is 0.0500. The average molecular weight is 456 g/mol. The minimum absolute atomic E-state index is 0. The zero-order valence-electron chi connectivity index (χ0n) is 18.1. The molecule has 2 fully saturated rings. The van der Waals surface area contributed by atoms with Crippen LogP contribution in [0.4, 0.5) is 0 Å². The maximum atomic E-state index is 11.8. The molecule has 0 aliphatic heterocycles. The molecule has 0 radical (unpaired) electrons. The summed E-state index contributed by atoms with van der Waals surface area (Å²) in [6.07, 6.45) is 16.2. The summed E-state index contributed by atoms with van der Waals surface area (Å²) < 4.78 is 35.5. The molecule has 4 rings (SSSR count). The standard InChI is InChI=1S/C23H32NO3PS.Na/c24-16-17-13-18-15-21(11-12-22(18)23(14-17)29(25,26)27)28(19-7-3-1-4-8-19)20-9-5-2-6-10-20;/h13-14,19-21H,1-12,15H2,(H,25,26,27);/q;+1/p-1. The van der Waals surface area contributed by atoms with Crippen molar-refractivity contribution >= 4 is 18.0 Å². The maximum absolute atomic E-state index is 11.8. The van der Waals surface area contributed by atoms with Crippen molar-refractivity contribution in [3.63, 3.8) is 0 Å². The minimum atomic E-state index is -4.55. The average Bonchev–Trinajstić information content (AvgIpc) is 2.74. The van der Waals surface area contributed by atoms with Crippen LogP contribution >= 0.6 is 7.92 Å². The first-order valence-corrected chi connectivity index (χ1v) is 14.2. The summed E-state index contributed by atoms with van der Waals surface area (Å²) in [6, 6.07) is 5.20. The zero-order chi connectivity index (χ0) is 20.4. The molecule has 7 heteroatoms. The summed E-state index contributed by atoms with van der Waals surface area (Å²) in [5.41, 5.74) is 4.27. The molecule has 1 aromatic carbocycles. The van der Waals surface area contributed by atoms with Gasteiger partial charge in [0.15, 0.2) is 0 Å². The van der Waals surface area contributed by atoms with Crippen molar-refractivity contribution in [2.24, 2.45) is 0 Å². The number of nitrogens with zero attached hydrogens (tertiary/aromatic N) is 1. The quantitative estimate of drug-likeness (QED) is 0.397. The largest absolute Gasteiger partial charge is 1.00 e. The predicted molar refractivity (Wildman–Crippen MR) is 116 cm³/mol. The van der Waals surface area contributed by atoms with Crippen LogP contribution in [0.25, 0.3) is 0 Å². The molecule has 4 nitrogen and oxygen atoms in total. The van der Waals surface area contributed by atoms with Gasteiger partial charge >= 0.3 is 29.6 Å². The Balaban J connectivity index is 0.00000256. The number of rotatable bonds is 4. The monoisotopic (exact) mass is 455 g/mol. The van der Waals surface area contributed by atoms with E-state index in [4.69, 9.17) is 0 Å². The van der Waals surface area contributed by atoms with Crippen LogP contribution in [0.5, 0.6) is 0 Å². The van der Waals surface area contributed by atoms with Crippen LogP contribution in [0.15, 0.2) is 17.0 Å². The maximum Gasteiger partial charge on any atom is 1.00 e. The Morgan fingerprint density at radius 1 is 0.900 bits per heavy atom. The first-order valence-electron chi connectivity index (χ1n) is 11.3. The summed E-state index contributed by atoms with van der Waals surface area (Å²) in [4.78, 5) is -0.148. The van der Waals surface area contributed by atoms with Crippen LogP contribution in [-0.2, 0) is 23.0 Å². The Morgan fingerprint density at radius 3 is 1.97 bits per heavy atom. The van der Waals surface area contributed by atoms with Crippen LogP contribution in [0, 0.1) is 11.3 Å². The van der Waals surface area contributed by atoms with Gasteiger partial charge in [-0.25, -0.2) is 8.42 Å². The van der Waals surface area contributed by atoms with E-state index in [-0.39, 0.29) is 42.4 Å². The molecule has 0 amide bonds. The topological polar surface area (TPSA) is 81.0 Å². The Kier molecular flexibility index (Phi) is 8.87. The fourth-order valence-electron chi connectivity index (χ4n) is 6.03. The number of fused-ring (bicyclic) bond motifs is 1. The molecule has 1 aromatic rings. The summed E-state index contributed by atoms with van der Waals surface area (Å²) in [5, 5.41) is 9.37. The van der Waals surface area contributed by atoms with Gasteiger partial charge in [-0.05, 0) is 85.2 Å². The van der Waals surface area contributed by atoms with Crippen molar-refractivity contribution < 1.29 is 42.5 Å². The van der Waals surface area contributed by atoms with Crippen molar-refractivity contribution in [2.45, 2.75) is 105 Å². The van der Waals surface area contributed by atoms with Gasteiger partial charge < -0.3 is 4.55 Å². The summed E-state index contributed by atoms with van der Waals surface area (Å²) in [7, 11) is -4.65. The molecule has 0 heterocycles. The number of hydrogen-bond donors (Lipinski definition) is 0. The molecule has 2 saturated carbocycles. The van der Waals surface area contributed by atoms with Crippen LogP contribution in [0.3, 0.4) is 0 Å². The molecule has 1 atom stereocenters. The Bertz CT molecular complexity index is 868. The molecule has 1 unspecified atom stereocenters. The van der Waals surface area contributed by atoms with Gasteiger partial charge in [0.1, 0.15) is 10.1 Å². The van der Waals surface area contributed by atoms with Gasteiger partial charge in [0, 0.05) is 0 Å². The van der Waals surface area contributed by atoms with Crippen molar-refractivity contribution in [1.29, 1.82) is 5.26 Å². The van der Waals surface area contributed by atoms with E-state index in [0.29, 0.717) is 23.2 Å². The zero-order valence-corrected chi connectivity index (χ0v) is 21.8. The molecule has 3 aliphatic rings. The Labute approximate surface area is 205 Å². The number of nitriles is 1. The van der Waals surface area contributed by atoms with E-state index in [2.05, 4.69) is 6.07 Å². The molecule has 3 aliphatic carbocycles. The van der Waals surface area contributed by atoms with Crippen LogP contribution in [-0.4, -0.2) is 29.9 Å². The molecule has 0 saturated heterocycles. The van der Waals surface area contributed by atoms with E-state index in [1.807, 2.05) is 6.07 Å². The SMILES string of the molecule is N#Cc1cc2c(c(S(=O)(=O)[O-])c1)CCC(P(C1CCCCC1)C1CCCCC1)C2.[Na+]. The van der Waals surface area contributed by atoms with E-state index in [1.165, 1.54) is 70.3 Å². The normalized spacial score (nSPS) is 23.4. The fourth-order valence-corrected chi connectivity index (χ4v) is 11.4. The molecule has 30 heavy (non-hydrogen) atoms. The molecular weight excluding hydrogens is 424 g/mol. The molecule has 0 bridgehead atoms. The van der Waals surface area contributed by atoms with Gasteiger partial charge in [-0.3, -0.25) is 0 Å². The first kappa shape index (κ1) is 24.7. The summed E-state index contributed by atoms with van der Waals surface area (Å²) >= 11 is 0. The van der Waals surface area contributed by atoms with Gasteiger partial charge in [-0.15, -0.1) is 0 Å². The third-order valence-corrected chi connectivity index (χ3v) is 12.2. The van der Waals surface area contributed by atoms with Crippen LogP contribution in [0.2, 0.25) is 0 Å². The van der Waals surface area contributed by atoms with Gasteiger partial charge in [0.25, 0.3) is 0 Å². The van der Waals surface area contributed by atoms with Crippen LogP contribution < -0.4 is 29.6 Å². The molecule has 0 spiro atoms. The van der Waals surface area contributed by atoms with E-state index in [1.54, 1.807) is 0 Å². The van der Waals surface area contributed by atoms with E-state index in [9.17, 15) is 18.2 Å². The first-order chi connectivity index (χ1) is 14.0. The smallest absolute Gasteiger partial charge is 0.744 e. The third-order valence-electron chi connectivity index (χ3n) is 7.30.